The summed E-state index contributed by atoms with van der Waals surface area (Å²) in [7, 11) is 0. The lowest BCUT2D eigenvalue weighted by Crippen LogP contribution is -2.27. The third kappa shape index (κ3) is 4.38. The van der Waals surface area contributed by atoms with E-state index in [1.807, 2.05) is 11.8 Å². The zero-order chi connectivity index (χ0) is 9.52. The van der Waals surface area contributed by atoms with Gasteiger partial charge in [-0.25, -0.2) is 0 Å². The highest BCUT2D eigenvalue weighted by atomic mass is 32.2. The molecule has 1 atom stereocenters. The van der Waals surface area contributed by atoms with Crippen molar-refractivity contribution in [2.45, 2.75) is 24.5 Å². The highest BCUT2D eigenvalue weighted by Gasteiger charge is 2.14. The lowest BCUT2D eigenvalue weighted by Gasteiger charge is -2.08. The normalized spacial score (nSPS) is 23.7. The van der Waals surface area contributed by atoms with E-state index in [0.29, 0.717) is 12.3 Å². The maximum Gasteiger partial charge on any atom is 0.140 e. The molecular weight excluding hydrogens is 186 g/mol. The van der Waals surface area contributed by atoms with Crippen LogP contribution in [-0.4, -0.2) is 35.1 Å². The zero-order valence-corrected chi connectivity index (χ0v) is 8.52. The molecule has 0 saturated carbocycles. The van der Waals surface area contributed by atoms with Crippen molar-refractivity contribution in [3.63, 3.8) is 0 Å². The van der Waals surface area contributed by atoms with Gasteiger partial charge in [0.05, 0.1) is 0 Å². The highest BCUT2D eigenvalue weighted by Crippen LogP contribution is 2.24. The topological polar surface area (TPSA) is 70.6 Å². The van der Waals surface area contributed by atoms with E-state index in [9.17, 15) is 0 Å². The lowest BCUT2D eigenvalue weighted by atomic mass is 10.2. The minimum absolute atomic E-state index is 0.298. The Kier molecular flexibility index (Phi) is 5.00. The molecule has 0 spiro atoms. The summed E-state index contributed by atoms with van der Waals surface area (Å²) in [4.78, 5) is 0. The first kappa shape index (κ1) is 10.7. The fraction of sp³-hybridized carbons (Fsp3) is 0.875. The van der Waals surface area contributed by atoms with Crippen LogP contribution in [0.3, 0.4) is 0 Å². The largest absolute Gasteiger partial charge is 0.409 e. The van der Waals surface area contributed by atoms with E-state index >= 15 is 0 Å². The van der Waals surface area contributed by atoms with Crippen LogP contribution in [0.4, 0.5) is 0 Å². The van der Waals surface area contributed by atoms with Gasteiger partial charge in [-0.05, 0) is 18.6 Å². The molecule has 0 aromatic rings. The van der Waals surface area contributed by atoms with E-state index in [2.05, 4.69) is 10.5 Å². The summed E-state index contributed by atoms with van der Waals surface area (Å²) >= 11 is 2.03. The number of hydrogen-bond acceptors (Lipinski definition) is 4. The summed E-state index contributed by atoms with van der Waals surface area (Å²) in [6.45, 7) is 1.84. The highest BCUT2D eigenvalue weighted by molar-refractivity contribution is 8.00. The molecule has 0 amide bonds. The molecule has 0 radical (unpaired) electrons. The van der Waals surface area contributed by atoms with Gasteiger partial charge in [0, 0.05) is 24.8 Å². The van der Waals surface area contributed by atoms with Crippen LogP contribution in [0.5, 0.6) is 0 Å². The second-order valence-corrected chi connectivity index (χ2v) is 4.59. The molecule has 1 aliphatic rings. The SMILES string of the molecule is NC(CCNCC1CCCS1)=NO. The second-order valence-electron chi connectivity index (χ2n) is 3.18. The van der Waals surface area contributed by atoms with Gasteiger partial charge in [-0.1, -0.05) is 5.16 Å². The van der Waals surface area contributed by atoms with Crippen molar-refractivity contribution in [2.75, 3.05) is 18.8 Å². The van der Waals surface area contributed by atoms with E-state index in [1.54, 1.807) is 0 Å². The van der Waals surface area contributed by atoms with Crippen molar-refractivity contribution in [1.29, 1.82) is 0 Å². The van der Waals surface area contributed by atoms with Crippen LogP contribution in [0.2, 0.25) is 0 Å². The monoisotopic (exact) mass is 203 g/mol. The van der Waals surface area contributed by atoms with Gasteiger partial charge < -0.3 is 16.3 Å². The van der Waals surface area contributed by atoms with Gasteiger partial charge in [0.1, 0.15) is 5.84 Å². The summed E-state index contributed by atoms with van der Waals surface area (Å²) in [5.74, 6) is 1.60. The van der Waals surface area contributed by atoms with Gasteiger partial charge in [0.2, 0.25) is 0 Å². The van der Waals surface area contributed by atoms with Crippen LogP contribution in [-0.2, 0) is 0 Å². The van der Waals surface area contributed by atoms with E-state index < -0.39 is 0 Å². The van der Waals surface area contributed by atoms with E-state index in [0.717, 1.165) is 18.3 Å². The predicted octanol–water partition coefficient (Wildman–Crippen LogP) is 0.608. The third-order valence-electron chi connectivity index (χ3n) is 2.08. The van der Waals surface area contributed by atoms with Crippen LogP contribution in [0, 0.1) is 0 Å². The second kappa shape index (κ2) is 6.10. The molecule has 1 aliphatic heterocycles. The summed E-state index contributed by atoms with van der Waals surface area (Å²) < 4.78 is 0. The number of oxime groups is 1. The van der Waals surface area contributed by atoms with Crippen molar-refractivity contribution >= 4 is 17.6 Å². The maximum absolute atomic E-state index is 8.28. The molecule has 4 nitrogen and oxygen atoms in total. The Bertz CT molecular complexity index is 169. The molecule has 0 bridgehead atoms. The van der Waals surface area contributed by atoms with E-state index in [4.69, 9.17) is 10.9 Å². The number of hydrogen-bond donors (Lipinski definition) is 3. The molecule has 1 rings (SSSR count). The molecule has 0 aromatic carbocycles. The first-order chi connectivity index (χ1) is 6.33. The van der Waals surface area contributed by atoms with Crippen molar-refractivity contribution in [3.05, 3.63) is 0 Å². The summed E-state index contributed by atoms with van der Waals surface area (Å²) in [5, 5.41) is 15.3. The fourth-order valence-corrected chi connectivity index (χ4v) is 2.57. The van der Waals surface area contributed by atoms with Gasteiger partial charge in [-0.15, -0.1) is 0 Å². The third-order valence-corrected chi connectivity index (χ3v) is 3.48. The van der Waals surface area contributed by atoms with Crippen molar-refractivity contribution < 1.29 is 5.21 Å². The predicted molar refractivity (Wildman–Crippen MR) is 56.4 cm³/mol. The van der Waals surface area contributed by atoms with Crippen molar-refractivity contribution in [1.82, 2.24) is 5.32 Å². The maximum atomic E-state index is 8.28. The Hall–Kier alpha value is -0.420. The smallest absolute Gasteiger partial charge is 0.140 e. The summed E-state index contributed by atoms with van der Waals surface area (Å²) in [6.07, 6.45) is 3.28. The van der Waals surface area contributed by atoms with Crippen LogP contribution in [0.15, 0.2) is 5.16 Å². The molecule has 0 aliphatic carbocycles. The number of nitrogens with two attached hydrogens (primary N) is 1. The number of nitrogens with zero attached hydrogens (tertiary/aromatic N) is 1. The summed E-state index contributed by atoms with van der Waals surface area (Å²) in [6, 6.07) is 0. The van der Waals surface area contributed by atoms with Gasteiger partial charge in [-0.2, -0.15) is 11.8 Å². The standard InChI is InChI=1S/C8H17N3OS/c9-8(11-12)3-4-10-6-7-2-1-5-13-7/h7,10,12H,1-6H2,(H2,9,11). The van der Waals surface area contributed by atoms with Crippen LogP contribution in [0.25, 0.3) is 0 Å². The molecule has 1 heterocycles. The van der Waals surface area contributed by atoms with Gasteiger partial charge in [-0.3, -0.25) is 0 Å². The molecule has 1 fully saturated rings. The Balaban J connectivity index is 1.94. The van der Waals surface area contributed by atoms with Crippen LogP contribution < -0.4 is 11.1 Å². The molecule has 4 N–H and O–H groups in total. The van der Waals surface area contributed by atoms with Gasteiger partial charge in [0.25, 0.3) is 0 Å². The Morgan fingerprint density at radius 3 is 3.15 bits per heavy atom. The molecular formula is C8H17N3OS. The van der Waals surface area contributed by atoms with Gasteiger partial charge >= 0.3 is 0 Å². The number of amidine groups is 1. The van der Waals surface area contributed by atoms with Crippen molar-refractivity contribution in [2.24, 2.45) is 10.9 Å². The first-order valence-electron chi connectivity index (χ1n) is 4.61. The quantitative estimate of drug-likeness (QED) is 0.201. The minimum atomic E-state index is 0.298. The van der Waals surface area contributed by atoms with E-state index in [-0.39, 0.29) is 0 Å². The average Bonchev–Trinajstić information content (AvgIpc) is 2.64. The molecule has 5 heteroatoms. The summed E-state index contributed by atoms with van der Waals surface area (Å²) in [5.41, 5.74) is 5.32. The first-order valence-corrected chi connectivity index (χ1v) is 5.66. The van der Waals surface area contributed by atoms with Crippen molar-refractivity contribution in [3.8, 4) is 0 Å². The molecule has 76 valence electrons. The molecule has 0 aromatic heterocycles. The molecule has 1 unspecified atom stereocenters. The van der Waals surface area contributed by atoms with Crippen LogP contribution in [0.1, 0.15) is 19.3 Å². The molecule has 1 saturated heterocycles. The number of nitrogens with one attached hydrogen (secondary N) is 1. The Morgan fingerprint density at radius 1 is 1.69 bits per heavy atom. The van der Waals surface area contributed by atoms with E-state index in [1.165, 1.54) is 18.6 Å². The average molecular weight is 203 g/mol. The Labute approximate surface area is 82.9 Å². The molecule has 13 heavy (non-hydrogen) atoms. The van der Waals surface area contributed by atoms with Crippen LogP contribution >= 0.6 is 11.8 Å². The number of rotatable bonds is 5. The number of thioether (sulfide) groups is 1. The fourth-order valence-electron chi connectivity index (χ4n) is 1.33. The Morgan fingerprint density at radius 2 is 2.54 bits per heavy atom. The zero-order valence-electron chi connectivity index (χ0n) is 7.70. The van der Waals surface area contributed by atoms with Gasteiger partial charge in [0.15, 0.2) is 0 Å². The lowest BCUT2D eigenvalue weighted by molar-refractivity contribution is 0.316. The minimum Gasteiger partial charge on any atom is -0.409 e.